The molecule has 1 N–H and O–H groups in total. The third-order valence-electron chi connectivity index (χ3n) is 6.26. The molecule has 0 radical (unpaired) electrons. The highest BCUT2D eigenvalue weighted by molar-refractivity contribution is 6.30. The third-order valence-corrected chi connectivity index (χ3v) is 6.51. The first-order valence-corrected chi connectivity index (χ1v) is 12.1. The van der Waals surface area contributed by atoms with Crippen molar-refractivity contribution in [2.24, 2.45) is 0 Å². The van der Waals surface area contributed by atoms with E-state index < -0.39 is 0 Å². The Kier molecular flexibility index (Phi) is 7.32. The van der Waals surface area contributed by atoms with E-state index in [1.165, 1.54) is 0 Å². The minimum absolute atomic E-state index is 0.0285. The fraction of sp³-hybridized carbons (Fsp3) is 0.308. The van der Waals surface area contributed by atoms with Crippen molar-refractivity contribution in [3.8, 4) is 28.3 Å². The molecule has 1 fully saturated rings. The van der Waals surface area contributed by atoms with Gasteiger partial charge >= 0.3 is 0 Å². The van der Waals surface area contributed by atoms with Gasteiger partial charge in [-0.2, -0.15) is 5.21 Å². The second kappa shape index (κ2) is 10.9. The van der Waals surface area contributed by atoms with Crippen LogP contribution in [0.15, 0.2) is 66.9 Å². The Hall–Kier alpha value is -3.33. The molecule has 180 valence electrons. The van der Waals surface area contributed by atoms with Crippen LogP contribution in [0.5, 0.6) is 5.75 Å². The van der Waals surface area contributed by atoms with Gasteiger partial charge in [0.25, 0.3) is 0 Å². The molecule has 1 unspecified atom stereocenters. The van der Waals surface area contributed by atoms with E-state index in [4.69, 9.17) is 21.1 Å². The van der Waals surface area contributed by atoms with Crippen molar-refractivity contribution in [1.29, 1.82) is 0 Å². The van der Waals surface area contributed by atoms with Crippen molar-refractivity contribution < 1.29 is 9.47 Å². The summed E-state index contributed by atoms with van der Waals surface area (Å²) in [5.74, 6) is 1.38. The van der Waals surface area contributed by atoms with E-state index >= 15 is 0 Å². The molecule has 8 nitrogen and oxygen atoms in total. The van der Waals surface area contributed by atoms with Gasteiger partial charge in [0.2, 0.25) is 5.82 Å². The molecule has 0 spiro atoms. The van der Waals surface area contributed by atoms with E-state index in [-0.39, 0.29) is 12.3 Å². The Morgan fingerprint density at radius 2 is 1.77 bits per heavy atom. The maximum absolute atomic E-state index is 6.27. The maximum atomic E-state index is 6.27. The summed E-state index contributed by atoms with van der Waals surface area (Å²) in [6.07, 6.45) is 3.89. The Morgan fingerprint density at radius 1 is 1.03 bits per heavy atom. The van der Waals surface area contributed by atoms with Crippen LogP contribution >= 0.6 is 11.6 Å². The number of benzene rings is 2. The number of piperidine rings is 1. The van der Waals surface area contributed by atoms with Crippen molar-refractivity contribution in [2.75, 3.05) is 13.1 Å². The zero-order chi connectivity index (χ0) is 24.0. The lowest BCUT2D eigenvalue weighted by Gasteiger charge is -2.35. The first-order valence-electron chi connectivity index (χ1n) is 11.7. The Morgan fingerprint density at radius 3 is 2.49 bits per heavy atom. The van der Waals surface area contributed by atoms with Gasteiger partial charge in [0.15, 0.2) is 0 Å². The first kappa shape index (κ1) is 23.4. The highest BCUT2D eigenvalue weighted by Crippen LogP contribution is 2.26. The van der Waals surface area contributed by atoms with Gasteiger partial charge < -0.3 is 9.47 Å². The standard InChI is InChI=1S/C26H27ClN6O2/c1-18(35-23-10-6-20(7-11-23)26-29-31-32-30-26)33-15-12-22(13-16-33)34-17-25-24(3-2-14-28-25)19-4-8-21(27)9-5-19/h2-11,14,18,22H,12-13,15-17H2,1H3,(H,29,30,31,32). The largest absolute Gasteiger partial charge is 0.475 e. The average Bonchev–Trinajstić information content (AvgIpc) is 3.44. The fourth-order valence-corrected chi connectivity index (χ4v) is 4.41. The van der Waals surface area contributed by atoms with Gasteiger partial charge in [-0.3, -0.25) is 9.88 Å². The zero-order valence-corrected chi connectivity index (χ0v) is 20.2. The minimum atomic E-state index is -0.0285. The number of nitrogens with zero attached hydrogens (tertiary/aromatic N) is 5. The highest BCUT2D eigenvalue weighted by atomic mass is 35.5. The second-order valence-electron chi connectivity index (χ2n) is 8.53. The van der Waals surface area contributed by atoms with Crippen LogP contribution in [0.25, 0.3) is 22.5 Å². The lowest BCUT2D eigenvalue weighted by Crippen LogP contribution is -2.44. The monoisotopic (exact) mass is 490 g/mol. The second-order valence-corrected chi connectivity index (χ2v) is 8.96. The van der Waals surface area contributed by atoms with E-state index in [2.05, 4.69) is 43.5 Å². The molecule has 5 rings (SSSR count). The fourth-order valence-electron chi connectivity index (χ4n) is 4.29. The summed E-state index contributed by atoms with van der Waals surface area (Å²) >= 11 is 6.05. The van der Waals surface area contributed by atoms with E-state index in [0.717, 1.165) is 59.1 Å². The number of ether oxygens (including phenoxy) is 2. The van der Waals surface area contributed by atoms with Gasteiger partial charge in [-0.25, -0.2) is 0 Å². The number of halogens is 1. The summed E-state index contributed by atoms with van der Waals surface area (Å²) in [5, 5.41) is 14.8. The topological polar surface area (TPSA) is 89.1 Å². The Bertz CT molecular complexity index is 1210. The van der Waals surface area contributed by atoms with Crippen LogP contribution in [0.2, 0.25) is 5.02 Å². The van der Waals surface area contributed by atoms with Crippen molar-refractivity contribution >= 4 is 11.6 Å². The predicted molar refractivity (Wildman–Crippen MR) is 134 cm³/mol. The summed E-state index contributed by atoms with van der Waals surface area (Å²) in [7, 11) is 0. The minimum Gasteiger partial charge on any atom is -0.475 e. The van der Waals surface area contributed by atoms with Crippen LogP contribution in [0, 0.1) is 0 Å². The summed E-state index contributed by atoms with van der Waals surface area (Å²) in [4.78, 5) is 6.91. The number of pyridine rings is 1. The average molecular weight is 491 g/mol. The predicted octanol–water partition coefficient (Wildman–Crippen LogP) is 4.99. The van der Waals surface area contributed by atoms with Crippen LogP contribution < -0.4 is 4.74 Å². The summed E-state index contributed by atoms with van der Waals surface area (Å²) in [5.41, 5.74) is 4.00. The molecule has 1 aliphatic rings. The van der Waals surface area contributed by atoms with Crippen LogP contribution in [0.4, 0.5) is 0 Å². The quantitative estimate of drug-likeness (QED) is 0.372. The molecule has 0 bridgehead atoms. The van der Waals surface area contributed by atoms with Crippen LogP contribution in [-0.4, -0.2) is 55.9 Å². The van der Waals surface area contributed by atoms with Crippen molar-refractivity contribution in [3.05, 3.63) is 77.6 Å². The maximum Gasteiger partial charge on any atom is 0.204 e. The van der Waals surface area contributed by atoms with E-state index in [9.17, 15) is 0 Å². The normalized spacial score (nSPS) is 15.7. The molecule has 0 aliphatic carbocycles. The van der Waals surface area contributed by atoms with Crippen LogP contribution in [0.1, 0.15) is 25.5 Å². The van der Waals surface area contributed by atoms with Crippen LogP contribution in [0.3, 0.4) is 0 Å². The first-order chi connectivity index (χ1) is 17.2. The number of aromatic nitrogens is 5. The van der Waals surface area contributed by atoms with Gasteiger partial charge in [-0.15, -0.1) is 10.2 Å². The molecular formula is C26H27ClN6O2. The summed E-state index contributed by atoms with van der Waals surface area (Å²) in [6, 6.07) is 19.6. The number of H-pyrrole nitrogens is 1. The molecule has 2 aromatic heterocycles. The Labute approximate surface area is 209 Å². The molecule has 1 atom stereocenters. The smallest absolute Gasteiger partial charge is 0.204 e. The number of nitrogens with one attached hydrogen (secondary N) is 1. The lowest BCUT2D eigenvalue weighted by atomic mass is 10.0. The van der Waals surface area contributed by atoms with Gasteiger partial charge in [0.1, 0.15) is 12.0 Å². The van der Waals surface area contributed by atoms with E-state index in [1.807, 2.05) is 60.8 Å². The van der Waals surface area contributed by atoms with E-state index in [1.54, 1.807) is 0 Å². The third kappa shape index (κ3) is 5.85. The van der Waals surface area contributed by atoms with E-state index in [0.29, 0.717) is 12.4 Å². The van der Waals surface area contributed by atoms with Gasteiger partial charge in [0.05, 0.1) is 18.4 Å². The highest BCUT2D eigenvalue weighted by Gasteiger charge is 2.24. The van der Waals surface area contributed by atoms with Crippen LogP contribution in [-0.2, 0) is 11.3 Å². The van der Waals surface area contributed by atoms with Crippen molar-refractivity contribution in [3.63, 3.8) is 0 Å². The van der Waals surface area contributed by atoms with Gasteiger partial charge in [-0.1, -0.05) is 29.8 Å². The van der Waals surface area contributed by atoms with Crippen molar-refractivity contribution in [1.82, 2.24) is 30.5 Å². The van der Waals surface area contributed by atoms with Crippen molar-refractivity contribution in [2.45, 2.75) is 38.7 Å². The molecule has 3 heterocycles. The number of tetrazole rings is 1. The molecule has 35 heavy (non-hydrogen) atoms. The van der Waals surface area contributed by atoms with Gasteiger partial charge in [-0.05, 0) is 73.0 Å². The summed E-state index contributed by atoms with van der Waals surface area (Å²) in [6.45, 7) is 4.40. The lowest BCUT2D eigenvalue weighted by molar-refractivity contribution is -0.0411. The molecular weight excluding hydrogens is 464 g/mol. The number of likely N-dealkylation sites (tertiary alicyclic amines) is 1. The number of hydrogen-bond acceptors (Lipinski definition) is 7. The summed E-state index contributed by atoms with van der Waals surface area (Å²) < 4.78 is 12.4. The number of hydrogen-bond donors (Lipinski definition) is 1. The molecule has 4 aromatic rings. The molecule has 0 amide bonds. The molecule has 9 heteroatoms. The molecule has 1 saturated heterocycles. The number of aromatic amines is 1. The SMILES string of the molecule is CC(Oc1ccc(-c2nn[nH]n2)cc1)N1CCC(OCc2ncccc2-c2ccc(Cl)cc2)CC1. The number of rotatable bonds is 8. The zero-order valence-electron chi connectivity index (χ0n) is 19.5. The molecule has 0 saturated carbocycles. The van der Waals surface area contributed by atoms with Gasteiger partial charge in [0, 0.05) is 35.4 Å². The molecule has 2 aromatic carbocycles. The molecule has 1 aliphatic heterocycles. The Balaban J connectivity index is 1.11.